The average Bonchev–Trinajstić information content (AvgIpc) is 2.48. The molecule has 0 aliphatic heterocycles. The normalized spacial score (nSPS) is 9.95. The Bertz CT molecular complexity index is 591. The van der Waals surface area contributed by atoms with Crippen LogP contribution in [0.4, 0.5) is 0 Å². The van der Waals surface area contributed by atoms with E-state index in [1.165, 1.54) is 0 Å². The first kappa shape index (κ1) is 13.5. The van der Waals surface area contributed by atoms with Gasteiger partial charge in [-0.25, -0.2) is 4.79 Å². The molecule has 0 aliphatic carbocycles. The Kier molecular flexibility index (Phi) is 4.47. The summed E-state index contributed by atoms with van der Waals surface area (Å²) in [6, 6.07) is 13.7. The summed E-state index contributed by atoms with van der Waals surface area (Å²) < 4.78 is 5.23. The lowest BCUT2D eigenvalue weighted by Crippen LogP contribution is -2.11. The molecule has 0 N–H and O–H groups in total. The van der Waals surface area contributed by atoms with Crippen molar-refractivity contribution in [1.29, 1.82) is 0 Å². The summed E-state index contributed by atoms with van der Waals surface area (Å²) in [6.45, 7) is 0. The SMILES string of the molecule is O=Cc1ccccc1C(=O)Oc1ccc(CBr)cc1. The van der Waals surface area contributed by atoms with E-state index in [1.807, 2.05) is 12.1 Å². The Labute approximate surface area is 119 Å². The minimum atomic E-state index is -0.533. The van der Waals surface area contributed by atoms with Crippen molar-refractivity contribution >= 4 is 28.2 Å². The Hall–Kier alpha value is -1.94. The quantitative estimate of drug-likeness (QED) is 0.374. The number of carbonyl (C=O) groups excluding carboxylic acids is 2. The molecule has 19 heavy (non-hydrogen) atoms. The van der Waals surface area contributed by atoms with Crippen molar-refractivity contribution in [2.75, 3.05) is 0 Å². The predicted octanol–water partition coefficient (Wildman–Crippen LogP) is 3.61. The number of alkyl halides is 1. The van der Waals surface area contributed by atoms with Gasteiger partial charge >= 0.3 is 5.97 Å². The topological polar surface area (TPSA) is 43.4 Å². The second-order valence-corrected chi connectivity index (χ2v) is 4.43. The van der Waals surface area contributed by atoms with Gasteiger partial charge in [0.05, 0.1) is 5.56 Å². The van der Waals surface area contributed by atoms with Crippen LogP contribution < -0.4 is 4.74 Å². The molecule has 2 rings (SSSR count). The monoisotopic (exact) mass is 318 g/mol. The number of esters is 1. The maximum atomic E-state index is 12.0. The highest BCUT2D eigenvalue weighted by Gasteiger charge is 2.12. The summed E-state index contributed by atoms with van der Waals surface area (Å²) in [7, 11) is 0. The van der Waals surface area contributed by atoms with Crippen LogP contribution in [0.2, 0.25) is 0 Å². The molecule has 2 aromatic rings. The van der Waals surface area contributed by atoms with E-state index in [-0.39, 0.29) is 5.56 Å². The zero-order valence-electron chi connectivity index (χ0n) is 10.0. The predicted molar refractivity (Wildman–Crippen MR) is 75.9 cm³/mol. The highest BCUT2D eigenvalue weighted by atomic mass is 79.9. The van der Waals surface area contributed by atoms with Crippen LogP contribution in [0.25, 0.3) is 0 Å². The molecular weight excluding hydrogens is 308 g/mol. The van der Waals surface area contributed by atoms with Gasteiger partial charge in [-0.3, -0.25) is 4.79 Å². The van der Waals surface area contributed by atoms with Gasteiger partial charge < -0.3 is 4.74 Å². The second-order valence-electron chi connectivity index (χ2n) is 3.87. The van der Waals surface area contributed by atoms with Crippen molar-refractivity contribution in [2.45, 2.75) is 5.33 Å². The van der Waals surface area contributed by atoms with E-state index in [2.05, 4.69) is 15.9 Å². The summed E-state index contributed by atoms with van der Waals surface area (Å²) in [6.07, 6.45) is 0.643. The third-order valence-electron chi connectivity index (χ3n) is 2.60. The minimum absolute atomic E-state index is 0.266. The first-order valence-electron chi connectivity index (χ1n) is 5.66. The standard InChI is InChI=1S/C15H11BrO3/c16-9-11-5-7-13(8-6-11)19-15(18)14-4-2-1-3-12(14)10-17/h1-8,10H,9H2. The number of carbonyl (C=O) groups is 2. The lowest BCUT2D eigenvalue weighted by Gasteiger charge is -2.06. The first-order chi connectivity index (χ1) is 9.24. The summed E-state index contributed by atoms with van der Waals surface area (Å²) in [4.78, 5) is 22.8. The van der Waals surface area contributed by atoms with Crippen molar-refractivity contribution in [1.82, 2.24) is 0 Å². The lowest BCUT2D eigenvalue weighted by molar-refractivity contribution is 0.0731. The fourth-order valence-corrected chi connectivity index (χ4v) is 1.97. The van der Waals surface area contributed by atoms with Gasteiger partial charge in [0, 0.05) is 10.9 Å². The van der Waals surface area contributed by atoms with Gasteiger partial charge in [-0.2, -0.15) is 0 Å². The number of rotatable bonds is 4. The van der Waals surface area contributed by atoms with Crippen LogP contribution in [-0.2, 0) is 5.33 Å². The smallest absolute Gasteiger partial charge is 0.344 e. The molecule has 0 fully saturated rings. The highest BCUT2D eigenvalue weighted by Crippen LogP contribution is 2.16. The number of ether oxygens (including phenoxy) is 1. The molecule has 0 atom stereocenters. The van der Waals surface area contributed by atoms with Crippen molar-refractivity contribution in [3.8, 4) is 5.75 Å². The molecule has 0 aliphatic rings. The molecule has 0 unspecified atom stereocenters. The number of hydrogen-bond donors (Lipinski definition) is 0. The zero-order chi connectivity index (χ0) is 13.7. The molecule has 0 saturated heterocycles. The van der Waals surface area contributed by atoms with E-state index in [0.29, 0.717) is 17.6 Å². The second kappa shape index (κ2) is 6.29. The first-order valence-corrected chi connectivity index (χ1v) is 6.78. The van der Waals surface area contributed by atoms with Gasteiger partial charge in [0.1, 0.15) is 5.75 Å². The Balaban J connectivity index is 2.18. The summed E-state index contributed by atoms with van der Waals surface area (Å²) in [5.41, 5.74) is 1.68. The van der Waals surface area contributed by atoms with Gasteiger partial charge in [0.25, 0.3) is 0 Å². The van der Waals surface area contributed by atoms with E-state index < -0.39 is 5.97 Å². The van der Waals surface area contributed by atoms with Crippen LogP contribution in [0.5, 0.6) is 5.75 Å². The Morgan fingerprint density at radius 1 is 1.11 bits per heavy atom. The van der Waals surface area contributed by atoms with Crippen LogP contribution in [0.3, 0.4) is 0 Å². The third kappa shape index (κ3) is 3.29. The molecular formula is C15H11BrO3. The minimum Gasteiger partial charge on any atom is -0.423 e. The van der Waals surface area contributed by atoms with Gasteiger partial charge in [-0.05, 0) is 23.8 Å². The van der Waals surface area contributed by atoms with Crippen LogP contribution in [0.1, 0.15) is 26.3 Å². The fraction of sp³-hybridized carbons (Fsp3) is 0.0667. The van der Waals surface area contributed by atoms with Gasteiger partial charge in [-0.15, -0.1) is 0 Å². The van der Waals surface area contributed by atoms with Crippen LogP contribution in [-0.4, -0.2) is 12.3 Å². The van der Waals surface area contributed by atoms with Crippen LogP contribution in [0, 0.1) is 0 Å². The third-order valence-corrected chi connectivity index (χ3v) is 3.24. The van der Waals surface area contributed by atoms with Crippen molar-refractivity contribution in [3.05, 3.63) is 65.2 Å². The molecule has 0 amide bonds. The van der Waals surface area contributed by atoms with E-state index in [9.17, 15) is 9.59 Å². The van der Waals surface area contributed by atoms with E-state index >= 15 is 0 Å². The van der Waals surface area contributed by atoms with Crippen LogP contribution >= 0.6 is 15.9 Å². The van der Waals surface area contributed by atoms with Crippen molar-refractivity contribution in [2.24, 2.45) is 0 Å². The van der Waals surface area contributed by atoms with Crippen LogP contribution in [0.15, 0.2) is 48.5 Å². The van der Waals surface area contributed by atoms with Crippen molar-refractivity contribution in [3.63, 3.8) is 0 Å². The summed E-state index contributed by atoms with van der Waals surface area (Å²) in [5.74, 6) is -0.0790. The largest absolute Gasteiger partial charge is 0.423 e. The summed E-state index contributed by atoms with van der Waals surface area (Å²) in [5, 5.41) is 0.745. The molecule has 96 valence electrons. The molecule has 0 heterocycles. The maximum absolute atomic E-state index is 12.0. The molecule has 4 heteroatoms. The Morgan fingerprint density at radius 3 is 2.42 bits per heavy atom. The highest BCUT2D eigenvalue weighted by molar-refractivity contribution is 9.08. The molecule has 0 saturated carbocycles. The maximum Gasteiger partial charge on any atom is 0.344 e. The molecule has 0 spiro atoms. The van der Waals surface area contributed by atoms with Gasteiger partial charge in [0.15, 0.2) is 6.29 Å². The Morgan fingerprint density at radius 2 is 1.79 bits per heavy atom. The van der Waals surface area contributed by atoms with E-state index in [0.717, 1.165) is 10.9 Å². The lowest BCUT2D eigenvalue weighted by atomic mass is 10.1. The number of hydrogen-bond acceptors (Lipinski definition) is 3. The fourth-order valence-electron chi connectivity index (χ4n) is 1.59. The average molecular weight is 319 g/mol. The summed E-state index contributed by atoms with van der Waals surface area (Å²) >= 11 is 3.34. The van der Waals surface area contributed by atoms with Gasteiger partial charge in [0.2, 0.25) is 0 Å². The van der Waals surface area contributed by atoms with E-state index in [1.54, 1.807) is 36.4 Å². The zero-order valence-corrected chi connectivity index (χ0v) is 11.6. The van der Waals surface area contributed by atoms with E-state index in [4.69, 9.17) is 4.74 Å². The molecule has 3 nitrogen and oxygen atoms in total. The molecule has 2 aromatic carbocycles. The number of benzene rings is 2. The number of aldehydes is 1. The van der Waals surface area contributed by atoms with Gasteiger partial charge in [-0.1, -0.05) is 46.3 Å². The number of halogens is 1. The van der Waals surface area contributed by atoms with Crippen molar-refractivity contribution < 1.29 is 14.3 Å². The molecule has 0 radical (unpaired) electrons. The molecule has 0 bridgehead atoms. The molecule has 0 aromatic heterocycles.